The number of hydrogen-bond acceptors (Lipinski definition) is 4. The molecule has 0 unspecified atom stereocenters. The molecule has 0 aliphatic carbocycles. The second kappa shape index (κ2) is 9.05. The Labute approximate surface area is 175 Å². The first kappa shape index (κ1) is 20.0. The number of carbonyl (C=O) groups excluding carboxylic acids is 1. The van der Waals surface area contributed by atoms with Gasteiger partial charge in [0.2, 0.25) is 5.91 Å². The van der Waals surface area contributed by atoms with E-state index in [0.717, 1.165) is 32.5 Å². The van der Waals surface area contributed by atoms with Crippen molar-refractivity contribution in [1.29, 1.82) is 0 Å². The lowest BCUT2D eigenvalue weighted by molar-refractivity contribution is -0.114. The van der Waals surface area contributed by atoms with Crippen LogP contribution < -0.4 is 10.9 Å². The number of nitrogens with zero attached hydrogens (tertiary/aromatic N) is 2. The zero-order valence-electron chi connectivity index (χ0n) is 17.1. The third kappa shape index (κ3) is 4.66. The van der Waals surface area contributed by atoms with E-state index in [2.05, 4.69) is 50.5 Å². The molecule has 2 aromatic carbocycles. The van der Waals surface area contributed by atoms with Gasteiger partial charge in [-0.3, -0.25) is 14.5 Å². The van der Waals surface area contributed by atoms with Crippen LogP contribution in [-0.2, 0) is 11.2 Å². The largest absolute Gasteiger partial charge is 0.324 e. The van der Waals surface area contributed by atoms with Crippen molar-refractivity contribution in [3.63, 3.8) is 0 Å². The average molecular weight is 402 g/mol. The number of nitrogens with one attached hydrogen (secondary N) is 2. The number of anilines is 1. The normalized spacial score (nSPS) is 14.5. The Kier molecular flexibility index (Phi) is 6.05. The Morgan fingerprint density at radius 3 is 2.73 bits per heavy atom. The topological polar surface area (TPSA) is 78.1 Å². The monoisotopic (exact) mass is 402 g/mol. The summed E-state index contributed by atoms with van der Waals surface area (Å²) in [6, 6.07) is 15.8. The molecule has 30 heavy (non-hydrogen) atoms. The van der Waals surface area contributed by atoms with Crippen molar-refractivity contribution in [2.75, 3.05) is 25.0 Å². The molecule has 0 bridgehead atoms. The highest BCUT2D eigenvalue weighted by atomic mass is 16.1. The van der Waals surface area contributed by atoms with Gasteiger partial charge in [0.25, 0.3) is 5.56 Å². The van der Waals surface area contributed by atoms with E-state index in [1.54, 1.807) is 18.2 Å². The van der Waals surface area contributed by atoms with Crippen LogP contribution >= 0.6 is 0 Å². The summed E-state index contributed by atoms with van der Waals surface area (Å²) >= 11 is 0. The Morgan fingerprint density at radius 2 is 2.00 bits per heavy atom. The maximum atomic E-state index is 12.4. The fraction of sp³-hybridized carbons (Fsp3) is 0.292. The maximum Gasteiger partial charge on any atom is 0.258 e. The molecule has 1 aromatic heterocycles. The van der Waals surface area contributed by atoms with Crippen molar-refractivity contribution in [1.82, 2.24) is 14.9 Å². The first-order chi connectivity index (χ1) is 14.6. The quantitative estimate of drug-likeness (QED) is 0.660. The number of carbonyl (C=O) groups is 1. The summed E-state index contributed by atoms with van der Waals surface area (Å²) in [4.78, 5) is 33.8. The van der Waals surface area contributed by atoms with Gasteiger partial charge in [-0.2, -0.15) is 0 Å². The molecular weight excluding hydrogens is 376 g/mol. The Balaban J connectivity index is 1.39. The van der Waals surface area contributed by atoms with Gasteiger partial charge in [-0.15, -0.1) is 0 Å². The van der Waals surface area contributed by atoms with Gasteiger partial charge >= 0.3 is 0 Å². The van der Waals surface area contributed by atoms with Gasteiger partial charge in [0.05, 0.1) is 11.1 Å². The number of aromatic nitrogens is 2. The predicted molar refractivity (Wildman–Crippen MR) is 120 cm³/mol. The maximum absolute atomic E-state index is 12.4. The molecule has 0 radical (unpaired) electrons. The fourth-order valence-electron chi connectivity index (χ4n) is 3.92. The van der Waals surface area contributed by atoms with E-state index >= 15 is 0 Å². The van der Waals surface area contributed by atoms with Crippen LogP contribution in [0.25, 0.3) is 16.5 Å². The average Bonchev–Trinajstić information content (AvgIpc) is 2.75. The number of H-pyrrole nitrogens is 1. The van der Waals surface area contributed by atoms with Gasteiger partial charge in [0.15, 0.2) is 0 Å². The minimum Gasteiger partial charge on any atom is -0.324 e. The molecule has 2 heterocycles. The molecule has 0 saturated heterocycles. The predicted octanol–water partition coefficient (Wildman–Crippen LogP) is 3.60. The van der Waals surface area contributed by atoms with E-state index in [0.29, 0.717) is 28.8 Å². The van der Waals surface area contributed by atoms with E-state index in [4.69, 9.17) is 0 Å². The number of para-hydroxylation sites is 1. The molecule has 6 nitrogen and oxygen atoms in total. The molecule has 154 valence electrons. The zero-order chi connectivity index (χ0) is 20.9. The van der Waals surface area contributed by atoms with E-state index in [1.165, 1.54) is 18.1 Å². The first-order valence-electron chi connectivity index (χ1n) is 10.4. The van der Waals surface area contributed by atoms with Crippen molar-refractivity contribution in [3.05, 3.63) is 76.3 Å². The van der Waals surface area contributed by atoms with Gasteiger partial charge in [0.1, 0.15) is 11.3 Å². The van der Waals surface area contributed by atoms with Gasteiger partial charge in [-0.25, -0.2) is 4.98 Å². The Morgan fingerprint density at radius 1 is 1.17 bits per heavy atom. The molecule has 1 aliphatic rings. The molecule has 0 saturated carbocycles. The van der Waals surface area contributed by atoms with Gasteiger partial charge in [-0.05, 0) is 42.7 Å². The van der Waals surface area contributed by atoms with Crippen LogP contribution in [0, 0.1) is 0 Å². The van der Waals surface area contributed by atoms with Gasteiger partial charge in [-0.1, -0.05) is 42.5 Å². The van der Waals surface area contributed by atoms with Crippen LogP contribution in [0.15, 0.2) is 59.4 Å². The number of aryl methyl sites for hydroxylation is 1. The molecule has 1 amide bonds. The molecule has 0 atom stereocenters. The minimum atomic E-state index is -0.181. The number of fused-ring (bicyclic) bond motifs is 1. The molecule has 6 heteroatoms. The smallest absolute Gasteiger partial charge is 0.258 e. The summed E-state index contributed by atoms with van der Waals surface area (Å²) in [6.45, 7) is 4.38. The van der Waals surface area contributed by atoms with E-state index in [9.17, 15) is 9.59 Å². The molecular formula is C24H26N4O2. The van der Waals surface area contributed by atoms with Crippen molar-refractivity contribution in [2.45, 2.75) is 26.2 Å². The molecule has 4 rings (SSSR count). The number of aromatic amines is 1. The summed E-state index contributed by atoms with van der Waals surface area (Å²) in [6.07, 6.45) is 4.96. The summed E-state index contributed by atoms with van der Waals surface area (Å²) < 4.78 is 0. The third-order valence-electron chi connectivity index (χ3n) is 5.42. The number of hydrogen-bond donors (Lipinski definition) is 2. The summed E-state index contributed by atoms with van der Waals surface area (Å²) in [5, 5.41) is 3.24. The zero-order valence-corrected chi connectivity index (χ0v) is 17.1. The number of rotatable bonds is 6. The van der Waals surface area contributed by atoms with Crippen molar-refractivity contribution in [3.8, 4) is 0 Å². The van der Waals surface area contributed by atoms with E-state index in [-0.39, 0.29) is 11.5 Å². The lowest BCUT2D eigenvalue weighted by atomic mass is 9.99. The van der Waals surface area contributed by atoms with Crippen LogP contribution in [0.5, 0.6) is 0 Å². The summed E-state index contributed by atoms with van der Waals surface area (Å²) in [7, 11) is 0. The van der Waals surface area contributed by atoms with Crippen LogP contribution in [0.4, 0.5) is 5.69 Å². The van der Waals surface area contributed by atoms with Crippen LogP contribution in [0.2, 0.25) is 0 Å². The van der Waals surface area contributed by atoms with E-state index in [1.807, 2.05) is 6.07 Å². The first-order valence-corrected chi connectivity index (χ1v) is 10.4. The minimum absolute atomic E-state index is 0.171. The summed E-state index contributed by atoms with van der Waals surface area (Å²) in [5.41, 5.74) is 3.67. The van der Waals surface area contributed by atoms with Crippen LogP contribution in [-0.4, -0.2) is 40.4 Å². The highest BCUT2D eigenvalue weighted by Crippen LogP contribution is 2.22. The Bertz CT molecular complexity index is 1130. The molecule has 0 spiro atoms. The highest BCUT2D eigenvalue weighted by molar-refractivity contribution is 5.99. The second-order valence-corrected chi connectivity index (χ2v) is 7.65. The highest BCUT2D eigenvalue weighted by Gasteiger charge is 2.13. The van der Waals surface area contributed by atoms with Crippen molar-refractivity contribution >= 4 is 28.1 Å². The SMILES string of the molecule is CC(=O)Nc1cccc2c(=O)[nH]c(CCCN3CC=C(c4ccccc4)CC3)nc12. The third-order valence-corrected chi connectivity index (χ3v) is 5.42. The molecule has 0 fully saturated rings. The number of benzene rings is 2. The molecule has 2 N–H and O–H groups in total. The number of amides is 1. The van der Waals surface area contributed by atoms with Crippen LogP contribution in [0.1, 0.15) is 31.2 Å². The second-order valence-electron chi connectivity index (χ2n) is 7.65. The van der Waals surface area contributed by atoms with Gasteiger partial charge in [0, 0.05) is 26.4 Å². The van der Waals surface area contributed by atoms with Crippen molar-refractivity contribution in [2.24, 2.45) is 0 Å². The lowest BCUT2D eigenvalue weighted by Crippen LogP contribution is -2.30. The van der Waals surface area contributed by atoms with Crippen molar-refractivity contribution < 1.29 is 4.79 Å². The molecule has 3 aromatic rings. The van der Waals surface area contributed by atoms with Crippen LogP contribution in [0.3, 0.4) is 0 Å². The fourth-order valence-corrected chi connectivity index (χ4v) is 3.92. The summed E-state index contributed by atoms with van der Waals surface area (Å²) in [5.74, 6) is 0.474. The van der Waals surface area contributed by atoms with E-state index < -0.39 is 0 Å². The molecule has 1 aliphatic heterocycles. The standard InChI is InChI=1S/C24H26N4O2/c1-17(29)25-21-10-5-9-20-23(21)26-22(27-24(20)30)11-6-14-28-15-12-19(13-16-28)18-7-3-2-4-8-18/h2-5,7-10,12H,6,11,13-16H2,1H3,(H,25,29)(H,26,27,30). The van der Waals surface area contributed by atoms with Gasteiger partial charge < -0.3 is 10.3 Å². The lowest BCUT2D eigenvalue weighted by Gasteiger charge is -2.26. The Hall–Kier alpha value is -3.25.